The summed E-state index contributed by atoms with van der Waals surface area (Å²) in [5.41, 5.74) is 6.76. The lowest BCUT2D eigenvalue weighted by Gasteiger charge is -2.36. The van der Waals surface area contributed by atoms with E-state index in [2.05, 4.69) is 35.3 Å². The number of likely N-dealkylation sites (tertiary alicyclic amines) is 1. The quantitative estimate of drug-likeness (QED) is 0.545. The number of aliphatic imine (C=N–C) groups is 1. The molecule has 2 fully saturated rings. The number of hydrogen-bond donors (Lipinski definition) is 2. The summed E-state index contributed by atoms with van der Waals surface area (Å²) in [5.74, 6) is 2.04. The highest BCUT2D eigenvalue weighted by molar-refractivity contribution is 5.80. The maximum atomic E-state index is 11.4. The number of amides is 1. The van der Waals surface area contributed by atoms with E-state index in [-0.39, 0.29) is 11.3 Å². The van der Waals surface area contributed by atoms with E-state index < -0.39 is 0 Å². The number of benzene rings is 1. The third-order valence-corrected chi connectivity index (χ3v) is 6.41. The van der Waals surface area contributed by atoms with Crippen molar-refractivity contribution in [2.45, 2.75) is 57.3 Å². The lowest BCUT2D eigenvalue weighted by atomic mass is 9.78. The average Bonchev–Trinajstić information content (AvgIpc) is 3.21. The highest BCUT2D eigenvalue weighted by atomic mass is 16.5. The molecular formula is C23H36N4O2. The van der Waals surface area contributed by atoms with E-state index >= 15 is 0 Å². The van der Waals surface area contributed by atoms with Crippen molar-refractivity contribution in [2.75, 3.05) is 33.3 Å². The second kappa shape index (κ2) is 9.99. The first-order chi connectivity index (χ1) is 14.1. The summed E-state index contributed by atoms with van der Waals surface area (Å²) in [6.07, 6.45) is 7.33. The van der Waals surface area contributed by atoms with Crippen LogP contribution in [0.15, 0.2) is 29.3 Å². The molecular weight excluding hydrogens is 364 g/mol. The molecule has 1 amide bonds. The summed E-state index contributed by atoms with van der Waals surface area (Å²) in [7, 11) is 1.75. The Morgan fingerprint density at radius 3 is 2.76 bits per heavy atom. The summed E-state index contributed by atoms with van der Waals surface area (Å²) < 4.78 is 5.69. The Labute approximate surface area is 174 Å². The molecule has 1 aliphatic heterocycles. The van der Waals surface area contributed by atoms with Crippen molar-refractivity contribution < 1.29 is 9.53 Å². The van der Waals surface area contributed by atoms with Gasteiger partial charge in [-0.3, -0.25) is 9.79 Å². The van der Waals surface area contributed by atoms with Crippen LogP contribution in [0.4, 0.5) is 0 Å². The minimum absolute atomic E-state index is 0.0374. The molecule has 1 aromatic rings. The maximum absolute atomic E-state index is 11.4. The Hall–Kier alpha value is -2.24. The molecule has 0 aromatic heterocycles. The number of primary amides is 1. The molecule has 160 valence electrons. The molecule has 1 saturated heterocycles. The zero-order chi connectivity index (χ0) is 20.7. The Morgan fingerprint density at radius 1 is 1.31 bits per heavy atom. The molecule has 1 atom stereocenters. The molecule has 1 heterocycles. The predicted molar refractivity (Wildman–Crippen MR) is 117 cm³/mol. The van der Waals surface area contributed by atoms with Crippen LogP contribution in [-0.4, -0.2) is 50.1 Å². The van der Waals surface area contributed by atoms with Crippen molar-refractivity contribution in [2.24, 2.45) is 16.6 Å². The minimum Gasteiger partial charge on any atom is -0.496 e. The number of nitrogens with two attached hydrogens (primary N) is 1. The van der Waals surface area contributed by atoms with Gasteiger partial charge in [-0.05, 0) is 44.6 Å². The van der Waals surface area contributed by atoms with Gasteiger partial charge in [-0.1, -0.05) is 31.0 Å². The number of guanidine groups is 1. The van der Waals surface area contributed by atoms with Crippen LogP contribution in [0.3, 0.4) is 0 Å². The number of carbonyl (C=O) groups is 1. The summed E-state index contributed by atoms with van der Waals surface area (Å²) in [5, 5.41) is 3.48. The third kappa shape index (κ3) is 5.22. The van der Waals surface area contributed by atoms with Crippen LogP contribution in [0.2, 0.25) is 0 Å². The van der Waals surface area contributed by atoms with Crippen molar-refractivity contribution in [3.05, 3.63) is 29.8 Å². The first kappa shape index (κ1) is 21.5. The van der Waals surface area contributed by atoms with Gasteiger partial charge in [0.05, 0.1) is 13.7 Å². The van der Waals surface area contributed by atoms with Crippen molar-refractivity contribution in [1.82, 2.24) is 10.2 Å². The summed E-state index contributed by atoms with van der Waals surface area (Å²) in [6.45, 7) is 5.51. The van der Waals surface area contributed by atoms with E-state index in [9.17, 15) is 4.79 Å². The maximum Gasteiger partial charge on any atom is 0.217 e. The van der Waals surface area contributed by atoms with Gasteiger partial charge in [0.1, 0.15) is 5.75 Å². The highest BCUT2D eigenvalue weighted by Gasteiger charge is 2.38. The highest BCUT2D eigenvalue weighted by Crippen LogP contribution is 2.45. The molecule has 1 saturated carbocycles. The number of nitrogens with one attached hydrogen (secondary N) is 1. The van der Waals surface area contributed by atoms with E-state index in [0.717, 1.165) is 63.6 Å². The fraction of sp³-hybridized carbons (Fsp3) is 0.652. The number of para-hydroxylation sites is 1. The van der Waals surface area contributed by atoms with Crippen LogP contribution in [0, 0.1) is 5.92 Å². The van der Waals surface area contributed by atoms with Crippen molar-refractivity contribution in [1.29, 1.82) is 0 Å². The molecule has 0 bridgehead atoms. The van der Waals surface area contributed by atoms with Crippen LogP contribution >= 0.6 is 0 Å². The van der Waals surface area contributed by atoms with Gasteiger partial charge in [0.15, 0.2) is 5.96 Å². The lowest BCUT2D eigenvalue weighted by Crippen LogP contribution is -2.47. The number of methoxy groups -OCH3 is 1. The Balaban J connectivity index is 1.81. The summed E-state index contributed by atoms with van der Waals surface area (Å²) in [6, 6.07) is 8.40. The predicted octanol–water partition coefficient (Wildman–Crippen LogP) is 3.06. The van der Waals surface area contributed by atoms with Gasteiger partial charge in [0.2, 0.25) is 5.91 Å². The standard InChI is InChI=1S/C23H36N4O2/c1-3-25-22(27-14-8-9-18(16-27)15-21(24)28)26-17-23(12-6-7-13-23)19-10-4-5-11-20(19)29-2/h4-5,10-11,18H,3,6-9,12-17H2,1-2H3,(H2,24,28)(H,25,26). The first-order valence-electron chi connectivity index (χ1n) is 11.0. The summed E-state index contributed by atoms with van der Waals surface area (Å²) in [4.78, 5) is 18.8. The first-order valence-corrected chi connectivity index (χ1v) is 11.0. The zero-order valence-electron chi connectivity index (χ0n) is 18.0. The van der Waals surface area contributed by atoms with Crippen LogP contribution in [-0.2, 0) is 10.2 Å². The van der Waals surface area contributed by atoms with E-state index in [1.54, 1.807) is 7.11 Å². The molecule has 1 aliphatic carbocycles. The number of ether oxygens (including phenoxy) is 1. The Kier molecular flexibility index (Phi) is 7.40. The molecule has 3 N–H and O–H groups in total. The molecule has 0 spiro atoms. The van der Waals surface area contributed by atoms with Crippen molar-refractivity contribution in [3.63, 3.8) is 0 Å². The Bertz CT molecular complexity index is 713. The van der Waals surface area contributed by atoms with Crippen LogP contribution in [0.1, 0.15) is 57.4 Å². The minimum atomic E-state index is -0.208. The average molecular weight is 401 g/mol. The van der Waals surface area contributed by atoms with Gasteiger partial charge in [-0.15, -0.1) is 0 Å². The second-order valence-electron chi connectivity index (χ2n) is 8.48. The second-order valence-corrected chi connectivity index (χ2v) is 8.48. The lowest BCUT2D eigenvalue weighted by molar-refractivity contribution is -0.119. The van der Waals surface area contributed by atoms with Crippen LogP contribution < -0.4 is 15.8 Å². The molecule has 1 aromatic carbocycles. The van der Waals surface area contributed by atoms with Crippen molar-refractivity contribution >= 4 is 11.9 Å². The number of carbonyl (C=O) groups excluding carboxylic acids is 1. The van der Waals surface area contributed by atoms with E-state index in [4.69, 9.17) is 15.5 Å². The third-order valence-electron chi connectivity index (χ3n) is 6.41. The number of piperidine rings is 1. The number of nitrogens with zero attached hydrogens (tertiary/aromatic N) is 2. The van der Waals surface area contributed by atoms with Gasteiger partial charge in [0.25, 0.3) is 0 Å². The van der Waals surface area contributed by atoms with Gasteiger partial charge in [-0.25, -0.2) is 0 Å². The molecule has 6 heteroatoms. The number of hydrogen-bond acceptors (Lipinski definition) is 3. The monoisotopic (exact) mass is 400 g/mol. The largest absolute Gasteiger partial charge is 0.496 e. The molecule has 2 aliphatic rings. The van der Waals surface area contributed by atoms with Crippen LogP contribution in [0.5, 0.6) is 5.75 Å². The van der Waals surface area contributed by atoms with E-state index in [0.29, 0.717) is 12.3 Å². The van der Waals surface area contributed by atoms with Gasteiger partial charge < -0.3 is 20.7 Å². The molecule has 3 rings (SSSR count). The smallest absolute Gasteiger partial charge is 0.217 e. The molecule has 6 nitrogen and oxygen atoms in total. The van der Waals surface area contributed by atoms with Gasteiger partial charge in [0, 0.05) is 37.0 Å². The molecule has 29 heavy (non-hydrogen) atoms. The van der Waals surface area contributed by atoms with E-state index in [1.807, 2.05) is 6.07 Å². The normalized spacial score (nSPS) is 21.8. The van der Waals surface area contributed by atoms with Gasteiger partial charge >= 0.3 is 0 Å². The van der Waals surface area contributed by atoms with Gasteiger partial charge in [-0.2, -0.15) is 0 Å². The Morgan fingerprint density at radius 2 is 2.07 bits per heavy atom. The fourth-order valence-electron chi connectivity index (χ4n) is 5.01. The number of rotatable bonds is 7. The topological polar surface area (TPSA) is 80.0 Å². The molecule has 1 unspecified atom stereocenters. The molecule has 0 radical (unpaired) electrons. The van der Waals surface area contributed by atoms with E-state index in [1.165, 1.54) is 18.4 Å². The summed E-state index contributed by atoms with van der Waals surface area (Å²) >= 11 is 0. The van der Waals surface area contributed by atoms with Crippen molar-refractivity contribution in [3.8, 4) is 5.75 Å². The zero-order valence-corrected chi connectivity index (χ0v) is 18.0. The van der Waals surface area contributed by atoms with Crippen LogP contribution in [0.25, 0.3) is 0 Å². The fourth-order valence-corrected chi connectivity index (χ4v) is 5.01. The SMILES string of the molecule is CCNC(=NCC1(c2ccccc2OC)CCCC1)N1CCCC(CC(N)=O)C1.